The minimum Gasteiger partial charge on any atom is -0.746 e. The Kier molecular flexibility index (Phi) is 6.32. The maximum absolute atomic E-state index is 11.8. The summed E-state index contributed by atoms with van der Waals surface area (Å²) >= 11 is 0. The number of aliphatic hydroxyl groups is 2. The van der Waals surface area contributed by atoms with Gasteiger partial charge in [0.25, 0.3) is 0 Å². The van der Waals surface area contributed by atoms with Crippen LogP contribution in [-0.4, -0.2) is 66.7 Å². The van der Waals surface area contributed by atoms with Gasteiger partial charge in [0.2, 0.25) is 6.04 Å². The molecule has 0 amide bonds. The molecule has 2 aromatic heterocycles. The lowest BCUT2D eigenvalue weighted by Gasteiger charge is -2.24. The number of aliphatic hydroxyl groups excluding tert-OH is 2. The van der Waals surface area contributed by atoms with Gasteiger partial charge in [-0.2, -0.15) is 0 Å². The van der Waals surface area contributed by atoms with Crippen molar-refractivity contribution in [2.45, 2.75) is 43.9 Å². The van der Waals surface area contributed by atoms with Gasteiger partial charge < -0.3 is 39.5 Å². The number of rotatable bonds is 7. The van der Waals surface area contributed by atoms with Crippen LogP contribution in [-0.2, 0) is 23.1 Å². The van der Waals surface area contributed by atoms with Crippen molar-refractivity contribution < 1.29 is 38.3 Å². The van der Waals surface area contributed by atoms with Crippen molar-refractivity contribution >= 4 is 30.8 Å². The molecule has 1 saturated heterocycles. The Morgan fingerprint density at radius 3 is 2.90 bits per heavy atom. The predicted molar refractivity (Wildman–Crippen MR) is 96.0 cm³/mol. The number of aromatic nitrogens is 4. The molecule has 1 fully saturated rings. The van der Waals surface area contributed by atoms with Crippen LogP contribution in [0.2, 0.25) is 0 Å². The maximum Gasteiger partial charge on any atom is 0.322 e. The first-order valence-electron chi connectivity index (χ1n) is 8.62. The molecular formula is C15H18N6O8P-. The van der Waals surface area contributed by atoms with Crippen molar-refractivity contribution in [2.24, 2.45) is 0 Å². The SMILES string of the molecule is [C-]#[N+][C@H](C)CC(=O)OP(=O)([O-])OC[C@H]1O[C@@H](n2cnc3c(N)ncnc32)[C@H](O)[C@@H]1O. The highest BCUT2D eigenvalue weighted by atomic mass is 31.2. The quantitative estimate of drug-likeness (QED) is 0.341. The fourth-order valence-corrected chi connectivity index (χ4v) is 3.50. The van der Waals surface area contributed by atoms with E-state index in [1.807, 2.05) is 0 Å². The van der Waals surface area contributed by atoms with E-state index < -0.39 is 57.4 Å². The fourth-order valence-electron chi connectivity index (χ4n) is 2.79. The van der Waals surface area contributed by atoms with Gasteiger partial charge in [-0.25, -0.2) is 21.5 Å². The molecule has 0 aliphatic carbocycles. The summed E-state index contributed by atoms with van der Waals surface area (Å²) in [7, 11) is -5.07. The number of carbonyl (C=O) groups excluding carboxylic acids is 1. The number of phosphoric acid groups is 1. The minimum absolute atomic E-state index is 0.105. The zero-order valence-corrected chi connectivity index (χ0v) is 16.5. The topological polar surface area (TPSA) is 199 Å². The van der Waals surface area contributed by atoms with E-state index in [9.17, 15) is 24.5 Å². The highest BCUT2D eigenvalue weighted by Gasteiger charge is 2.45. The number of nitrogens with zero attached hydrogens (tertiary/aromatic N) is 5. The highest BCUT2D eigenvalue weighted by molar-refractivity contribution is 7.46. The lowest BCUT2D eigenvalue weighted by Crippen LogP contribution is -2.34. The molecule has 1 aliphatic heterocycles. The molecule has 2 aromatic rings. The highest BCUT2D eigenvalue weighted by Crippen LogP contribution is 2.41. The molecule has 3 heterocycles. The molecule has 6 atom stereocenters. The number of imidazole rings is 1. The summed E-state index contributed by atoms with van der Waals surface area (Å²) in [5.74, 6) is -1.04. The number of ether oxygens (including phenoxy) is 1. The third-order valence-electron chi connectivity index (χ3n) is 4.29. The average Bonchev–Trinajstić information content (AvgIpc) is 3.22. The van der Waals surface area contributed by atoms with Crippen molar-refractivity contribution in [3.63, 3.8) is 0 Å². The zero-order chi connectivity index (χ0) is 22.1. The van der Waals surface area contributed by atoms with Crippen LogP contribution in [0.1, 0.15) is 19.6 Å². The fraction of sp³-hybridized carbons (Fsp3) is 0.533. The number of fused-ring (bicyclic) bond motifs is 1. The summed E-state index contributed by atoms with van der Waals surface area (Å²) in [4.78, 5) is 38.2. The number of phosphoric ester groups is 1. The number of hydrogen-bond acceptors (Lipinski definition) is 12. The van der Waals surface area contributed by atoms with Gasteiger partial charge >= 0.3 is 13.8 Å². The zero-order valence-electron chi connectivity index (χ0n) is 15.6. The van der Waals surface area contributed by atoms with Gasteiger partial charge in [-0.15, -0.1) is 0 Å². The largest absolute Gasteiger partial charge is 0.746 e. The predicted octanol–water partition coefficient (Wildman–Crippen LogP) is -1.25. The second-order valence-electron chi connectivity index (χ2n) is 6.52. The van der Waals surface area contributed by atoms with Gasteiger partial charge in [-0.3, -0.25) is 13.9 Å². The Hall–Kier alpha value is -2.66. The molecule has 0 radical (unpaired) electrons. The molecule has 15 heteroatoms. The van der Waals surface area contributed by atoms with Crippen LogP contribution in [0.3, 0.4) is 0 Å². The summed E-state index contributed by atoms with van der Waals surface area (Å²) in [6.07, 6.45) is -3.40. The number of carbonyl (C=O) groups is 1. The Labute approximate surface area is 169 Å². The van der Waals surface area contributed by atoms with Crippen molar-refractivity contribution in [1.82, 2.24) is 19.5 Å². The van der Waals surface area contributed by atoms with E-state index in [2.05, 4.69) is 28.8 Å². The minimum atomic E-state index is -5.07. The van der Waals surface area contributed by atoms with E-state index in [1.54, 1.807) is 0 Å². The van der Waals surface area contributed by atoms with Crippen LogP contribution in [0.15, 0.2) is 12.7 Å². The smallest absolute Gasteiger partial charge is 0.322 e. The third kappa shape index (κ3) is 4.57. The van der Waals surface area contributed by atoms with Gasteiger partial charge in [-0.1, -0.05) is 0 Å². The Morgan fingerprint density at radius 1 is 1.47 bits per heavy atom. The summed E-state index contributed by atoms with van der Waals surface area (Å²) in [6, 6.07) is -0.753. The van der Waals surface area contributed by atoms with E-state index >= 15 is 0 Å². The van der Waals surface area contributed by atoms with E-state index in [0.717, 1.165) is 0 Å². The molecule has 14 nitrogen and oxygen atoms in total. The molecule has 3 rings (SSSR count). The monoisotopic (exact) mass is 441 g/mol. The first kappa shape index (κ1) is 22.0. The van der Waals surface area contributed by atoms with Crippen molar-refractivity contribution in [1.29, 1.82) is 0 Å². The molecular weight excluding hydrogens is 423 g/mol. The third-order valence-corrected chi connectivity index (χ3v) is 5.18. The van der Waals surface area contributed by atoms with Crippen molar-refractivity contribution in [3.8, 4) is 0 Å². The van der Waals surface area contributed by atoms with Gasteiger partial charge in [0.05, 0.1) is 12.9 Å². The molecule has 0 spiro atoms. The maximum atomic E-state index is 11.8. The standard InChI is InChI=1S/C15H19N6O8P/c1-7(17-2)3-9(22)29-30(25,26)27-4-8-11(23)12(24)15(28-8)21-6-20-10-13(16)18-5-19-14(10)21/h5-8,11-12,15,23-24H,3-4H2,1H3,(H,25,26)(H2,16,18,19)/p-1/t7-,8-,11-,12-,15-/m1/s1. The second kappa shape index (κ2) is 8.60. The van der Waals surface area contributed by atoms with Crippen LogP contribution < -0.4 is 10.6 Å². The summed E-state index contributed by atoms with van der Waals surface area (Å²) < 4.78 is 27.5. The van der Waals surface area contributed by atoms with E-state index in [1.165, 1.54) is 24.1 Å². The Bertz CT molecular complexity index is 1020. The molecule has 0 saturated carbocycles. The van der Waals surface area contributed by atoms with Crippen molar-refractivity contribution in [2.75, 3.05) is 12.3 Å². The van der Waals surface area contributed by atoms with E-state index in [-0.39, 0.29) is 17.0 Å². The summed E-state index contributed by atoms with van der Waals surface area (Å²) in [6.45, 7) is 7.45. The molecule has 1 aliphatic rings. The van der Waals surface area contributed by atoms with Gasteiger partial charge in [0, 0.05) is 6.92 Å². The summed E-state index contributed by atoms with van der Waals surface area (Å²) in [5.41, 5.74) is 6.20. The van der Waals surface area contributed by atoms with Crippen LogP contribution in [0, 0.1) is 6.57 Å². The molecule has 0 bridgehead atoms. The Balaban J connectivity index is 1.65. The molecule has 0 aromatic carbocycles. The number of anilines is 1. The second-order valence-corrected chi connectivity index (χ2v) is 7.85. The van der Waals surface area contributed by atoms with E-state index in [0.29, 0.717) is 0 Å². The number of nitrogens with two attached hydrogens (primary N) is 1. The Morgan fingerprint density at radius 2 is 2.20 bits per heavy atom. The molecule has 1 unspecified atom stereocenters. The molecule has 4 N–H and O–H groups in total. The van der Waals surface area contributed by atoms with Crippen LogP contribution >= 0.6 is 7.82 Å². The van der Waals surface area contributed by atoms with Gasteiger partial charge in [0.15, 0.2) is 17.7 Å². The van der Waals surface area contributed by atoms with Crippen molar-refractivity contribution in [3.05, 3.63) is 24.1 Å². The molecule has 30 heavy (non-hydrogen) atoms. The van der Waals surface area contributed by atoms with Gasteiger partial charge in [-0.05, 0) is 0 Å². The number of nitrogen functional groups attached to an aromatic ring is 1. The average molecular weight is 441 g/mol. The normalized spacial score (nSPS) is 26.8. The van der Waals surface area contributed by atoms with Crippen LogP contribution in [0.25, 0.3) is 16.0 Å². The summed E-state index contributed by atoms with van der Waals surface area (Å²) in [5, 5.41) is 20.5. The lowest BCUT2D eigenvalue weighted by molar-refractivity contribution is -0.227. The first-order valence-corrected chi connectivity index (χ1v) is 10.1. The molecule has 162 valence electrons. The van der Waals surface area contributed by atoms with Crippen LogP contribution in [0.5, 0.6) is 0 Å². The lowest BCUT2D eigenvalue weighted by atomic mass is 10.1. The number of hydrogen-bond donors (Lipinski definition) is 3. The van der Waals surface area contributed by atoms with Crippen LogP contribution in [0.4, 0.5) is 5.82 Å². The first-order chi connectivity index (χ1) is 14.1. The van der Waals surface area contributed by atoms with E-state index in [4.69, 9.17) is 17.0 Å². The van der Waals surface area contributed by atoms with Gasteiger partial charge in [0.1, 0.15) is 36.6 Å².